The van der Waals surface area contributed by atoms with Gasteiger partial charge in [0.15, 0.2) is 11.5 Å². The normalized spacial score (nSPS) is 10.9. The molecule has 0 bridgehead atoms. The Labute approximate surface area is 179 Å². The molecule has 2 aromatic carbocycles. The van der Waals surface area contributed by atoms with Crippen molar-refractivity contribution >= 4 is 39.1 Å². The van der Waals surface area contributed by atoms with Crippen molar-refractivity contribution in [1.82, 2.24) is 5.32 Å². The van der Waals surface area contributed by atoms with Gasteiger partial charge in [-0.25, -0.2) is 0 Å². The first-order valence-electron chi connectivity index (χ1n) is 8.76. The number of ether oxygens (including phenoxy) is 3. The quantitative estimate of drug-likeness (QED) is 0.412. The van der Waals surface area contributed by atoms with Gasteiger partial charge < -0.3 is 19.5 Å². The Morgan fingerprint density at radius 2 is 1.81 bits per heavy atom. The summed E-state index contributed by atoms with van der Waals surface area (Å²) < 4.78 is 17.8. The van der Waals surface area contributed by atoms with Crippen LogP contribution >= 0.6 is 39.1 Å². The number of hydrogen-bond acceptors (Lipinski definition) is 4. The maximum absolute atomic E-state index is 6.22. The van der Waals surface area contributed by atoms with Crippen LogP contribution in [0.5, 0.6) is 11.5 Å². The van der Waals surface area contributed by atoms with Crippen molar-refractivity contribution in [2.45, 2.75) is 26.5 Å². The lowest BCUT2D eigenvalue weighted by Gasteiger charge is -2.16. The van der Waals surface area contributed by atoms with E-state index in [1.54, 1.807) is 19.2 Å². The molecule has 148 valence electrons. The Kier molecular flexibility index (Phi) is 9.73. The van der Waals surface area contributed by atoms with Crippen LogP contribution in [0.4, 0.5) is 0 Å². The second kappa shape index (κ2) is 11.8. The van der Waals surface area contributed by atoms with Gasteiger partial charge in [0.2, 0.25) is 0 Å². The molecule has 0 aliphatic heterocycles. The molecule has 2 aromatic rings. The molecule has 0 fully saturated rings. The van der Waals surface area contributed by atoms with Crippen LogP contribution < -0.4 is 14.8 Å². The number of methoxy groups -OCH3 is 1. The average molecular weight is 477 g/mol. The van der Waals surface area contributed by atoms with Gasteiger partial charge in [-0.1, -0.05) is 45.2 Å². The van der Waals surface area contributed by atoms with E-state index in [9.17, 15) is 0 Å². The first-order valence-corrected chi connectivity index (χ1v) is 10.3. The van der Waals surface area contributed by atoms with E-state index in [0.29, 0.717) is 34.8 Å². The molecule has 0 aliphatic rings. The standard InChI is InChI=1S/C20H24BrCl2NO3/c1-3-26-19-9-15(12-24-7-4-8-25-2)17(21)11-20(19)27-13-14-5-6-16(22)10-18(14)23/h5-6,9-11,24H,3-4,7-8,12-13H2,1-2H3. The molecule has 0 radical (unpaired) electrons. The van der Waals surface area contributed by atoms with Gasteiger partial charge in [-0.3, -0.25) is 0 Å². The number of nitrogens with one attached hydrogen (secondary N) is 1. The molecule has 0 unspecified atom stereocenters. The van der Waals surface area contributed by atoms with Gasteiger partial charge in [0.1, 0.15) is 6.61 Å². The largest absolute Gasteiger partial charge is 0.490 e. The zero-order chi connectivity index (χ0) is 19.6. The fourth-order valence-electron chi connectivity index (χ4n) is 2.45. The summed E-state index contributed by atoms with van der Waals surface area (Å²) in [5.74, 6) is 1.37. The zero-order valence-electron chi connectivity index (χ0n) is 15.5. The maximum Gasteiger partial charge on any atom is 0.162 e. The lowest BCUT2D eigenvalue weighted by Crippen LogP contribution is -2.16. The van der Waals surface area contributed by atoms with Gasteiger partial charge in [-0.05, 0) is 49.7 Å². The van der Waals surface area contributed by atoms with E-state index >= 15 is 0 Å². The van der Waals surface area contributed by atoms with Crippen LogP contribution in [0.15, 0.2) is 34.8 Å². The second-order valence-corrected chi connectivity index (χ2v) is 7.57. The first kappa shape index (κ1) is 22.3. The molecule has 2 rings (SSSR count). The first-order chi connectivity index (χ1) is 13.0. The summed E-state index contributed by atoms with van der Waals surface area (Å²) in [5.41, 5.74) is 1.97. The van der Waals surface area contributed by atoms with E-state index in [1.165, 1.54) is 0 Å². The predicted molar refractivity (Wildman–Crippen MR) is 114 cm³/mol. The third kappa shape index (κ3) is 7.16. The number of rotatable bonds is 11. The minimum atomic E-state index is 0.330. The van der Waals surface area contributed by atoms with E-state index in [4.69, 9.17) is 37.4 Å². The van der Waals surface area contributed by atoms with E-state index in [0.717, 1.165) is 41.7 Å². The van der Waals surface area contributed by atoms with Gasteiger partial charge in [-0.2, -0.15) is 0 Å². The van der Waals surface area contributed by atoms with E-state index in [-0.39, 0.29) is 0 Å². The molecule has 0 heterocycles. The molecular weight excluding hydrogens is 453 g/mol. The summed E-state index contributed by atoms with van der Waals surface area (Å²) in [5, 5.41) is 4.58. The number of hydrogen-bond donors (Lipinski definition) is 1. The molecule has 27 heavy (non-hydrogen) atoms. The van der Waals surface area contributed by atoms with Crippen molar-refractivity contribution in [3.63, 3.8) is 0 Å². The third-order valence-electron chi connectivity index (χ3n) is 3.83. The Morgan fingerprint density at radius 1 is 1.04 bits per heavy atom. The fraction of sp³-hybridized carbons (Fsp3) is 0.400. The molecule has 0 saturated carbocycles. The van der Waals surface area contributed by atoms with E-state index in [1.807, 2.05) is 25.1 Å². The highest BCUT2D eigenvalue weighted by Crippen LogP contribution is 2.35. The summed E-state index contributed by atoms with van der Waals surface area (Å²) in [4.78, 5) is 0. The molecule has 0 amide bonds. The van der Waals surface area contributed by atoms with Crippen LogP contribution in [0.3, 0.4) is 0 Å². The third-order valence-corrected chi connectivity index (χ3v) is 5.15. The Hall–Kier alpha value is -0.980. The molecule has 0 spiro atoms. The van der Waals surface area contributed by atoms with Gasteiger partial charge in [0, 0.05) is 40.3 Å². The molecule has 4 nitrogen and oxygen atoms in total. The summed E-state index contributed by atoms with van der Waals surface area (Å²) in [6.45, 7) is 5.20. The monoisotopic (exact) mass is 475 g/mol. The van der Waals surface area contributed by atoms with Crippen LogP contribution in [0.1, 0.15) is 24.5 Å². The van der Waals surface area contributed by atoms with Crippen LogP contribution in [0.25, 0.3) is 0 Å². The molecule has 0 atom stereocenters. The highest BCUT2D eigenvalue weighted by atomic mass is 79.9. The van der Waals surface area contributed by atoms with Crippen LogP contribution in [0, 0.1) is 0 Å². The minimum absolute atomic E-state index is 0.330. The van der Waals surface area contributed by atoms with Crippen LogP contribution in [-0.4, -0.2) is 26.9 Å². The highest BCUT2D eigenvalue weighted by Gasteiger charge is 2.12. The smallest absolute Gasteiger partial charge is 0.162 e. The molecule has 0 aromatic heterocycles. The van der Waals surface area contributed by atoms with Gasteiger partial charge in [0.25, 0.3) is 0 Å². The average Bonchev–Trinajstić information content (AvgIpc) is 2.63. The number of benzene rings is 2. The summed E-state index contributed by atoms with van der Waals surface area (Å²) in [7, 11) is 1.71. The van der Waals surface area contributed by atoms with Crippen LogP contribution in [-0.2, 0) is 17.9 Å². The van der Waals surface area contributed by atoms with Gasteiger partial charge >= 0.3 is 0 Å². The van der Waals surface area contributed by atoms with E-state index in [2.05, 4.69) is 21.2 Å². The van der Waals surface area contributed by atoms with Crippen molar-refractivity contribution in [2.75, 3.05) is 26.9 Å². The fourth-order valence-corrected chi connectivity index (χ4v) is 3.38. The highest BCUT2D eigenvalue weighted by molar-refractivity contribution is 9.10. The molecule has 7 heteroatoms. The topological polar surface area (TPSA) is 39.7 Å². The van der Waals surface area contributed by atoms with Gasteiger partial charge in [-0.15, -0.1) is 0 Å². The zero-order valence-corrected chi connectivity index (χ0v) is 18.6. The summed E-state index contributed by atoms with van der Waals surface area (Å²) >= 11 is 15.8. The summed E-state index contributed by atoms with van der Waals surface area (Å²) in [6.07, 6.45) is 0.968. The molecule has 1 N–H and O–H groups in total. The van der Waals surface area contributed by atoms with Gasteiger partial charge in [0.05, 0.1) is 6.61 Å². The van der Waals surface area contributed by atoms with Crippen molar-refractivity contribution in [3.05, 3.63) is 56.0 Å². The predicted octanol–water partition coefficient (Wildman–Crippen LogP) is 5.86. The molecule has 0 saturated heterocycles. The second-order valence-electron chi connectivity index (χ2n) is 5.87. The summed E-state index contributed by atoms with van der Waals surface area (Å²) in [6, 6.07) is 9.29. The van der Waals surface area contributed by atoms with Crippen molar-refractivity contribution < 1.29 is 14.2 Å². The van der Waals surface area contributed by atoms with Crippen molar-refractivity contribution in [1.29, 1.82) is 0 Å². The van der Waals surface area contributed by atoms with E-state index < -0.39 is 0 Å². The Bertz CT molecular complexity index is 743. The Balaban J connectivity index is 2.07. The molecule has 0 aliphatic carbocycles. The lowest BCUT2D eigenvalue weighted by atomic mass is 10.2. The van der Waals surface area contributed by atoms with Crippen molar-refractivity contribution in [2.24, 2.45) is 0 Å². The lowest BCUT2D eigenvalue weighted by molar-refractivity contribution is 0.194. The number of halogens is 3. The van der Waals surface area contributed by atoms with Crippen LogP contribution in [0.2, 0.25) is 10.0 Å². The molecular formula is C20H24BrCl2NO3. The maximum atomic E-state index is 6.22. The Morgan fingerprint density at radius 3 is 2.52 bits per heavy atom. The van der Waals surface area contributed by atoms with Crippen molar-refractivity contribution in [3.8, 4) is 11.5 Å². The minimum Gasteiger partial charge on any atom is -0.490 e. The SMILES string of the molecule is CCOc1cc(CNCCCOC)c(Br)cc1OCc1ccc(Cl)cc1Cl.